The maximum Gasteiger partial charge on any atom is 0.188 e. The Kier molecular flexibility index (Phi) is 3.44. The summed E-state index contributed by atoms with van der Waals surface area (Å²) in [5.74, 6) is 0.679. The van der Waals surface area contributed by atoms with Gasteiger partial charge in [0.15, 0.2) is 5.82 Å². The molecule has 0 saturated carbocycles. The van der Waals surface area contributed by atoms with Gasteiger partial charge in [0.2, 0.25) is 0 Å². The minimum atomic E-state index is -0.138. The topological polar surface area (TPSA) is 55.6 Å². The summed E-state index contributed by atoms with van der Waals surface area (Å²) in [4.78, 5) is 1.44. The van der Waals surface area contributed by atoms with E-state index < -0.39 is 0 Å². The molecule has 0 amide bonds. The van der Waals surface area contributed by atoms with Gasteiger partial charge in [-0.1, -0.05) is 0 Å². The van der Waals surface area contributed by atoms with Crippen LogP contribution >= 0.6 is 11.6 Å². The minimum absolute atomic E-state index is 0.0409. The van der Waals surface area contributed by atoms with Gasteiger partial charge in [0, 0.05) is 10.9 Å². The fraction of sp³-hybridized carbons (Fsp3) is 0.875. The van der Waals surface area contributed by atoms with Gasteiger partial charge in [0.05, 0.1) is 13.6 Å². The lowest BCUT2D eigenvalue weighted by Crippen LogP contribution is -2.45. The molecule has 0 aromatic carbocycles. The number of hydrogen-bond donors (Lipinski definition) is 1. The molecule has 0 fully saturated rings. The summed E-state index contributed by atoms with van der Waals surface area (Å²) in [6, 6.07) is 0. The maximum absolute atomic E-state index is 6.02. The van der Waals surface area contributed by atoms with Crippen molar-refractivity contribution in [3.8, 4) is 0 Å². The molecule has 0 spiro atoms. The second kappa shape index (κ2) is 4.23. The lowest BCUT2D eigenvalue weighted by atomic mass is 10.0. The third-order valence-corrected chi connectivity index (χ3v) is 2.79. The second-order valence-electron chi connectivity index (χ2n) is 3.89. The number of halogens is 1. The van der Waals surface area contributed by atoms with Crippen molar-refractivity contribution in [2.75, 3.05) is 0 Å². The van der Waals surface area contributed by atoms with Crippen molar-refractivity contribution < 1.29 is 0 Å². The molecule has 1 aromatic heterocycles. The summed E-state index contributed by atoms with van der Waals surface area (Å²) < 4.78 is 0. The van der Waals surface area contributed by atoms with Gasteiger partial charge in [-0.3, -0.25) is 0 Å². The second-order valence-corrected chi connectivity index (χ2v) is 4.54. The van der Waals surface area contributed by atoms with Crippen molar-refractivity contribution in [3.05, 3.63) is 5.82 Å². The number of nitrogens with one attached hydrogen (secondary N) is 1. The van der Waals surface area contributed by atoms with E-state index in [1.165, 1.54) is 4.80 Å². The fourth-order valence-electron chi connectivity index (χ4n) is 0.842. The standard InChI is InChI=1S/C8H16ClN5/c1-6(9)8(2,3)10-5-7-11-13-14(4)12-7/h6,10H,5H2,1-4H3. The van der Waals surface area contributed by atoms with Crippen LogP contribution in [0.1, 0.15) is 26.6 Å². The van der Waals surface area contributed by atoms with Crippen LogP contribution in [0.3, 0.4) is 0 Å². The largest absolute Gasteiger partial charge is 0.303 e. The van der Waals surface area contributed by atoms with Gasteiger partial charge < -0.3 is 5.32 Å². The van der Waals surface area contributed by atoms with E-state index in [0.29, 0.717) is 12.4 Å². The molecule has 1 unspecified atom stereocenters. The number of aromatic nitrogens is 4. The van der Waals surface area contributed by atoms with Crippen molar-refractivity contribution in [2.45, 2.75) is 38.2 Å². The van der Waals surface area contributed by atoms with Crippen LogP contribution in [0, 0.1) is 0 Å². The lowest BCUT2D eigenvalue weighted by Gasteiger charge is -2.28. The van der Waals surface area contributed by atoms with Crippen LogP contribution < -0.4 is 5.32 Å². The first-order chi connectivity index (χ1) is 6.42. The zero-order valence-corrected chi connectivity index (χ0v) is 9.71. The molecule has 6 heteroatoms. The molecule has 1 atom stereocenters. The van der Waals surface area contributed by atoms with E-state index in [1.807, 2.05) is 20.8 Å². The molecule has 1 rings (SSSR count). The van der Waals surface area contributed by atoms with E-state index in [2.05, 4.69) is 20.7 Å². The van der Waals surface area contributed by atoms with Crippen LogP contribution in [-0.4, -0.2) is 31.1 Å². The Hall–Kier alpha value is -0.680. The molecular weight excluding hydrogens is 202 g/mol. The van der Waals surface area contributed by atoms with Crippen LogP contribution in [0.2, 0.25) is 0 Å². The highest BCUT2D eigenvalue weighted by molar-refractivity contribution is 6.21. The van der Waals surface area contributed by atoms with Gasteiger partial charge in [0.25, 0.3) is 0 Å². The molecule has 0 aliphatic rings. The number of nitrogens with zero attached hydrogens (tertiary/aromatic N) is 4. The third kappa shape index (κ3) is 2.92. The number of alkyl halides is 1. The molecule has 0 radical (unpaired) electrons. The van der Waals surface area contributed by atoms with Gasteiger partial charge in [-0.15, -0.1) is 21.8 Å². The van der Waals surface area contributed by atoms with Gasteiger partial charge >= 0.3 is 0 Å². The Morgan fingerprint density at radius 1 is 1.57 bits per heavy atom. The Bertz CT molecular complexity index is 294. The molecule has 1 heterocycles. The van der Waals surface area contributed by atoms with Crippen LogP contribution in [0.25, 0.3) is 0 Å². The summed E-state index contributed by atoms with van der Waals surface area (Å²) in [6.07, 6.45) is 0. The van der Waals surface area contributed by atoms with Crippen molar-refractivity contribution in [2.24, 2.45) is 7.05 Å². The Morgan fingerprint density at radius 3 is 2.64 bits per heavy atom. The van der Waals surface area contributed by atoms with Crippen LogP contribution in [0.5, 0.6) is 0 Å². The number of aryl methyl sites for hydroxylation is 1. The van der Waals surface area contributed by atoms with E-state index in [9.17, 15) is 0 Å². The maximum atomic E-state index is 6.02. The van der Waals surface area contributed by atoms with Crippen molar-refractivity contribution in [1.29, 1.82) is 0 Å². The quantitative estimate of drug-likeness (QED) is 0.755. The molecule has 0 aliphatic carbocycles. The van der Waals surface area contributed by atoms with Crippen molar-refractivity contribution >= 4 is 11.6 Å². The summed E-state index contributed by atoms with van der Waals surface area (Å²) in [5, 5.41) is 15.0. The van der Waals surface area contributed by atoms with E-state index in [4.69, 9.17) is 11.6 Å². The Morgan fingerprint density at radius 2 is 2.21 bits per heavy atom. The first-order valence-corrected chi connectivity index (χ1v) is 4.97. The molecule has 14 heavy (non-hydrogen) atoms. The monoisotopic (exact) mass is 217 g/mol. The van der Waals surface area contributed by atoms with Gasteiger partial charge in [-0.25, -0.2) is 0 Å². The molecular formula is C8H16ClN5. The predicted molar refractivity (Wildman–Crippen MR) is 55.0 cm³/mol. The van der Waals surface area contributed by atoms with E-state index >= 15 is 0 Å². The Labute approximate surface area is 88.8 Å². The van der Waals surface area contributed by atoms with Crippen molar-refractivity contribution in [3.63, 3.8) is 0 Å². The lowest BCUT2D eigenvalue weighted by molar-refractivity contribution is 0.375. The SMILES string of the molecule is CC(Cl)C(C)(C)NCc1nnn(C)n1. The third-order valence-electron chi connectivity index (χ3n) is 2.25. The minimum Gasteiger partial charge on any atom is -0.303 e. The van der Waals surface area contributed by atoms with Crippen LogP contribution in [0.15, 0.2) is 0 Å². The molecule has 0 saturated heterocycles. The van der Waals surface area contributed by atoms with Gasteiger partial charge in [0.1, 0.15) is 0 Å². The number of hydrogen-bond acceptors (Lipinski definition) is 4. The van der Waals surface area contributed by atoms with E-state index in [-0.39, 0.29) is 10.9 Å². The number of rotatable bonds is 4. The van der Waals surface area contributed by atoms with E-state index in [0.717, 1.165) is 0 Å². The molecule has 80 valence electrons. The first kappa shape index (κ1) is 11.4. The highest BCUT2D eigenvalue weighted by Gasteiger charge is 2.23. The molecule has 1 aromatic rings. The molecule has 1 N–H and O–H groups in total. The van der Waals surface area contributed by atoms with Crippen LogP contribution in [-0.2, 0) is 13.6 Å². The van der Waals surface area contributed by atoms with E-state index in [1.54, 1.807) is 7.05 Å². The van der Waals surface area contributed by atoms with Crippen LogP contribution in [0.4, 0.5) is 0 Å². The summed E-state index contributed by atoms with van der Waals surface area (Å²) in [6.45, 7) is 6.62. The smallest absolute Gasteiger partial charge is 0.188 e. The first-order valence-electron chi connectivity index (χ1n) is 4.54. The average molecular weight is 218 g/mol. The van der Waals surface area contributed by atoms with Gasteiger partial charge in [-0.05, 0) is 26.0 Å². The predicted octanol–water partition coefficient (Wildman–Crippen LogP) is 0.706. The Balaban J connectivity index is 2.48. The number of tetrazole rings is 1. The highest BCUT2D eigenvalue weighted by atomic mass is 35.5. The highest BCUT2D eigenvalue weighted by Crippen LogP contribution is 2.14. The molecule has 0 aliphatic heterocycles. The normalized spacial score (nSPS) is 14.4. The fourth-order valence-corrected chi connectivity index (χ4v) is 0.919. The summed E-state index contributed by atoms with van der Waals surface area (Å²) >= 11 is 6.02. The molecule has 0 bridgehead atoms. The van der Waals surface area contributed by atoms with Crippen molar-refractivity contribution in [1.82, 2.24) is 25.5 Å². The summed E-state index contributed by atoms with van der Waals surface area (Å²) in [5.41, 5.74) is -0.138. The summed E-state index contributed by atoms with van der Waals surface area (Å²) in [7, 11) is 1.74. The van der Waals surface area contributed by atoms with Gasteiger partial charge in [-0.2, -0.15) is 4.80 Å². The zero-order chi connectivity index (χ0) is 10.8. The molecule has 5 nitrogen and oxygen atoms in total. The average Bonchev–Trinajstić information content (AvgIpc) is 2.48. The zero-order valence-electron chi connectivity index (χ0n) is 8.95.